The number of nitrogens with zero attached hydrogens (tertiary/aromatic N) is 1. The van der Waals surface area contributed by atoms with Gasteiger partial charge >= 0.3 is 5.69 Å². The van der Waals surface area contributed by atoms with Gasteiger partial charge in [0.05, 0.1) is 27.6 Å². The molecule has 0 aliphatic carbocycles. The van der Waals surface area contributed by atoms with E-state index in [-0.39, 0.29) is 21.4 Å². The maximum atomic E-state index is 12.3. The Labute approximate surface area is 131 Å². The van der Waals surface area contributed by atoms with E-state index < -0.39 is 20.6 Å². The molecule has 0 saturated heterocycles. The molecule has 0 atom stereocenters. The van der Waals surface area contributed by atoms with Gasteiger partial charge in [0.1, 0.15) is 0 Å². The number of nitro groups is 1. The topological polar surface area (TPSA) is 98.5 Å². The highest BCUT2D eigenvalue weighted by Gasteiger charge is 2.22. The highest BCUT2D eigenvalue weighted by Crippen LogP contribution is 2.31. The molecule has 0 heterocycles. The van der Waals surface area contributed by atoms with Gasteiger partial charge < -0.3 is 4.74 Å². The van der Waals surface area contributed by atoms with Crippen LogP contribution in [0.25, 0.3) is 0 Å². The molecule has 22 heavy (non-hydrogen) atoms. The lowest BCUT2D eigenvalue weighted by atomic mass is 10.3. The fourth-order valence-corrected chi connectivity index (χ4v) is 3.07. The molecule has 0 aliphatic heterocycles. The molecule has 2 aromatic rings. The van der Waals surface area contributed by atoms with Crippen molar-refractivity contribution in [2.75, 3.05) is 11.8 Å². The standard InChI is InChI=1S/C13H11ClN2O5S/c1-21-13-7-6-9(8-12(13)16(17)18)22(19,20)15-11-5-3-2-4-10(11)14/h2-8,15H,1H3. The number of hydrogen-bond donors (Lipinski definition) is 1. The average molecular weight is 343 g/mol. The van der Waals surface area contributed by atoms with Gasteiger partial charge in [-0.1, -0.05) is 23.7 Å². The van der Waals surface area contributed by atoms with Crippen molar-refractivity contribution in [1.29, 1.82) is 0 Å². The SMILES string of the molecule is COc1ccc(S(=O)(=O)Nc2ccccc2Cl)cc1[N+](=O)[O-]. The van der Waals surface area contributed by atoms with Crippen molar-refractivity contribution in [1.82, 2.24) is 0 Å². The van der Waals surface area contributed by atoms with E-state index in [9.17, 15) is 18.5 Å². The summed E-state index contributed by atoms with van der Waals surface area (Å²) < 4.78 is 31.7. The van der Waals surface area contributed by atoms with Crippen molar-refractivity contribution in [2.45, 2.75) is 4.90 Å². The number of hydrogen-bond acceptors (Lipinski definition) is 5. The number of sulfonamides is 1. The molecule has 0 saturated carbocycles. The fourth-order valence-electron chi connectivity index (χ4n) is 1.73. The molecule has 0 bridgehead atoms. The minimum atomic E-state index is -4.01. The number of ether oxygens (including phenoxy) is 1. The van der Waals surface area contributed by atoms with E-state index in [0.717, 1.165) is 6.07 Å². The number of nitro benzene ring substituents is 1. The average Bonchev–Trinajstić information content (AvgIpc) is 2.48. The summed E-state index contributed by atoms with van der Waals surface area (Å²) in [4.78, 5) is 9.98. The first kappa shape index (κ1) is 16.1. The number of benzene rings is 2. The van der Waals surface area contributed by atoms with Crippen LogP contribution in [-0.4, -0.2) is 20.5 Å². The zero-order valence-corrected chi connectivity index (χ0v) is 12.9. The van der Waals surface area contributed by atoms with Crippen LogP contribution in [0.15, 0.2) is 47.4 Å². The first-order valence-electron chi connectivity index (χ1n) is 5.95. The third-order valence-corrected chi connectivity index (χ3v) is 4.47. The zero-order valence-electron chi connectivity index (χ0n) is 11.3. The third kappa shape index (κ3) is 3.29. The van der Waals surface area contributed by atoms with Crippen LogP contribution in [0.4, 0.5) is 11.4 Å². The lowest BCUT2D eigenvalue weighted by Gasteiger charge is -2.10. The van der Waals surface area contributed by atoms with E-state index in [0.29, 0.717) is 0 Å². The second-order valence-electron chi connectivity index (χ2n) is 4.18. The maximum absolute atomic E-state index is 12.3. The predicted octanol–water partition coefficient (Wildman–Crippen LogP) is 3.06. The van der Waals surface area contributed by atoms with Crippen molar-refractivity contribution in [3.8, 4) is 5.75 Å². The lowest BCUT2D eigenvalue weighted by Crippen LogP contribution is -2.13. The van der Waals surface area contributed by atoms with Crippen molar-refractivity contribution in [2.24, 2.45) is 0 Å². The number of anilines is 1. The second-order valence-corrected chi connectivity index (χ2v) is 6.27. The molecule has 7 nitrogen and oxygen atoms in total. The molecule has 2 aromatic carbocycles. The molecule has 0 aromatic heterocycles. The number of rotatable bonds is 5. The molecule has 1 N–H and O–H groups in total. The fraction of sp³-hybridized carbons (Fsp3) is 0.0769. The Hall–Kier alpha value is -2.32. The minimum Gasteiger partial charge on any atom is -0.490 e. The van der Waals surface area contributed by atoms with Crippen LogP contribution in [0.2, 0.25) is 5.02 Å². The smallest absolute Gasteiger partial charge is 0.312 e. The minimum absolute atomic E-state index is 0.0262. The molecular weight excluding hydrogens is 332 g/mol. The molecule has 0 radical (unpaired) electrons. The highest BCUT2D eigenvalue weighted by molar-refractivity contribution is 7.92. The lowest BCUT2D eigenvalue weighted by molar-refractivity contribution is -0.386. The number of para-hydroxylation sites is 1. The Morgan fingerprint density at radius 2 is 1.91 bits per heavy atom. The van der Waals surface area contributed by atoms with Crippen LogP contribution in [-0.2, 0) is 10.0 Å². The normalized spacial score (nSPS) is 11.0. The van der Waals surface area contributed by atoms with Crippen LogP contribution >= 0.6 is 11.6 Å². The molecule has 0 amide bonds. The summed E-state index contributed by atoms with van der Waals surface area (Å²) in [5, 5.41) is 11.2. The van der Waals surface area contributed by atoms with Gasteiger partial charge in [0.2, 0.25) is 0 Å². The summed E-state index contributed by atoms with van der Waals surface area (Å²) in [5.41, 5.74) is -0.257. The zero-order chi connectivity index (χ0) is 16.3. The third-order valence-electron chi connectivity index (χ3n) is 2.78. The Morgan fingerprint density at radius 3 is 2.50 bits per heavy atom. The molecule has 0 aliphatic rings. The summed E-state index contributed by atoms with van der Waals surface area (Å²) in [5.74, 6) is -0.0262. The van der Waals surface area contributed by atoms with Crippen molar-refractivity contribution < 1.29 is 18.1 Å². The highest BCUT2D eigenvalue weighted by atomic mass is 35.5. The monoisotopic (exact) mass is 342 g/mol. The molecule has 2 rings (SSSR count). The van der Waals surface area contributed by atoms with Gasteiger partial charge in [-0.3, -0.25) is 14.8 Å². The quantitative estimate of drug-likeness (QED) is 0.665. The first-order valence-corrected chi connectivity index (χ1v) is 7.81. The van der Waals surface area contributed by atoms with Gasteiger partial charge in [-0.05, 0) is 24.3 Å². The van der Waals surface area contributed by atoms with E-state index in [2.05, 4.69) is 4.72 Å². The van der Waals surface area contributed by atoms with E-state index >= 15 is 0 Å². The van der Waals surface area contributed by atoms with Gasteiger partial charge in [-0.2, -0.15) is 0 Å². The summed E-state index contributed by atoms with van der Waals surface area (Å²) >= 11 is 5.89. The predicted molar refractivity (Wildman–Crippen MR) is 81.9 cm³/mol. The van der Waals surface area contributed by atoms with E-state index in [4.69, 9.17) is 16.3 Å². The van der Waals surface area contributed by atoms with Gasteiger partial charge in [-0.15, -0.1) is 0 Å². The van der Waals surface area contributed by atoms with Crippen LogP contribution in [0.3, 0.4) is 0 Å². The number of nitrogens with one attached hydrogen (secondary N) is 1. The Morgan fingerprint density at radius 1 is 1.23 bits per heavy atom. The molecular formula is C13H11ClN2O5S. The second kappa shape index (κ2) is 6.20. The van der Waals surface area contributed by atoms with Crippen LogP contribution in [0, 0.1) is 10.1 Å². The summed E-state index contributed by atoms with van der Waals surface area (Å²) in [6.07, 6.45) is 0. The van der Waals surface area contributed by atoms with Crippen LogP contribution in [0.5, 0.6) is 5.75 Å². The summed E-state index contributed by atoms with van der Waals surface area (Å²) in [6.45, 7) is 0. The van der Waals surface area contributed by atoms with Crippen LogP contribution < -0.4 is 9.46 Å². The first-order chi connectivity index (χ1) is 10.3. The van der Waals surface area contributed by atoms with Gasteiger partial charge in [-0.25, -0.2) is 8.42 Å². The van der Waals surface area contributed by atoms with Crippen LogP contribution in [0.1, 0.15) is 0 Å². The molecule has 9 heteroatoms. The van der Waals surface area contributed by atoms with Crippen molar-refractivity contribution in [3.63, 3.8) is 0 Å². The summed E-state index contributed by atoms with van der Waals surface area (Å²) in [6, 6.07) is 9.63. The molecule has 0 spiro atoms. The molecule has 116 valence electrons. The Balaban J connectivity index is 2.44. The van der Waals surface area contributed by atoms with E-state index in [1.807, 2.05) is 0 Å². The Kier molecular flexibility index (Phi) is 4.53. The Bertz CT molecular complexity index is 823. The molecule has 0 fully saturated rings. The molecule has 0 unspecified atom stereocenters. The van der Waals surface area contributed by atoms with Crippen molar-refractivity contribution >= 4 is 33.0 Å². The number of halogens is 1. The van der Waals surface area contributed by atoms with Crippen molar-refractivity contribution in [3.05, 3.63) is 57.6 Å². The van der Waals surface area contributed by atoms with Gasteiger partial charge in [0.15, 0.2) is 5.75 Å². The largest absolute Gasteiger partial charge is 0.490 e. The van der Waals surface area contributed by atoms with Gasteiger partial charge in [0.25, 0.3) is 10.0 Å². The number of methoxy groups -OCH3 is 1. The maximum Gasteiger partial charge on any atom is 0.312 e. The van der Waals surface area contributed by atoms with E-state index in [1.165, 1.54) is 31.4 Å². The van der Waals surface area contributed by atoms with E-state index in [1.54, 1.807) is 12.1 Å². The van der Waals surface area contributed by atoms with Gasteiger partial charge in [0, 0.05) is 6.07 Å². The summed E-state index contributed by atoms with van der Waals surface area (Å²) in [7, 11) is -2.75.